The fourth-order valence-corrected chi connectivity index (χ4v) is 2.61. The number of nitrogens with one attached hydrogen (secondary N) is 2. The molecule has 0 aromatic heterocycles. The van der Waals surface area contributed by atoms with Gasteiger partial charge in [-0.1, -0.05) is 45.0 Å². The van der Waals surface area contributed by atoms with Gasteiger partial charge < -0.3 is 16.4 Å². The van der Waals surface area contributed by atoms with Crippen LogP contribution in [0.3, 0.4) is 0 Å². The molecule has 2 rings (SSSR count). The number of carbonyl (C=O) groups is 2. The normalized spacial score (nSPS) is 11.1. The number of hydrogen-bond acceptors (Lipinski definition) is 3. The molecule has 0 atom stereocenters. The second-order valence-corrected chi connectivity index (χ2v) is 7.38. The summed E-state index contributed by atoms with van der Waals surface area (Å²) in [5, 5.41) is 6.17. The monoisotopic (exact) mass is 367 g/mol. The van der Waals surface area contributed by atoms with Gasteiger partial charge in [0.25, 0.3) is 0 Å². The first kappa shape index (κ1) is 20.5. The van der Waals surface area contributed by atoms with E-state index in [0.29, 0.717) is 6.54 Å². The van der Waals surface area contributed by atoms with E-state index in [9.17, 15) is 9.59 Å². The van der Waals surface area contributed by atoms with Gasteiger partial charge in [0.05, 0.1) is 0 Å². The zero-order valence-corrected chi connectivity index (χ0v) is 16.3. The van der Waals surface area contributed by atoms with Crippen molar-refractivity contribution >= 4 is 23.2 Å². The lowest BCUT2D eigenvalue weighted by Crippen LogP contribution is -2.24. The third-order valence-electron chi connectivity index (χ3n) is 4.88. The van der Waals surface area contributed by atoms with Crippen LogP contribution in [0.4, 0.5) is 11.4 Å². The summed E-state index contributed by atoms with van der Waals surface area (Å²) >= 11 is 0. The van der Waals surface area contributed by atoms with Gasteiger partial charge in [-0.3, -0.25) is 9.59 Å². The average Bonchev–Trinajstić information content (AvgIpc) is 2.66. The van der Waals surface area contributed by atoms with Crippen molar-refractivity contribution < 1.29 is 9.59 Å². The van der Waals surface area contributed by atoms with Crippen molar-refractivity contribution in [1.82, 2.24) is 5.32 Å². The fourth-order valence-electron chi connectivity index (χ4n) is 2.61. The van der Waals surface area contributed by atoms with Gasteiger partial charge in [0.1, 0.15) is 0 Å². The largest absolute Gasteiger partial charge is 0.370 e. The van der Waals surface area contributed by atoms with Crippen molar-refractivity contribution in [2.24, 2.45) is 5.73 Å². The molecule has 2 aromatic rings. The average molecular weight is 367 g/mol. The van der Waals surface area contributed by atoms with Gasteiger partial charge in [0.15, 0.2) is 0 Å². The summed E-state index contributed by atoms with van der Waals surface area (Å²) in [5.74, 6) is -0.641. The van der Waals surface area contributed by atoms with Crippen molar-refractivity contribution in [3.63, 3.8) is 0 Å². The van der Waals surface area contributed by atoms with Gasteiger partial charge in [-0.15, -0.1) is 0 Å². The first-order chi connectivity index (χ1) is 12.8. The number of primary amides is 1. The van der Waals surface area contributed by atoms with Crippen molar-refractivity contribution in [1.29, 1.82) is 0 Å². The molecule has 0 bridgehead atoms. The molecule has 0 fully saturated rings. The third kappa shape index (κ3) is 6.44. The van der Waals surface area contributed by atoms with E-state index in [4.69, 9.17) is 5.73 Å². The number of rotatable bonds is 9. The Bertz CT molecular complexity index is 765. The molecular formula is C22H29N3O2. The highest BCUT2D eigenvalue weighted by Crippen LogP contribution is 2.28. The fraction of sp³-hybridized carbons (Fsp3) is 0.364. The van der Waals surface area contributed by atoms with Crippen LogP contribution < -0.4 is 16.4 Å². The molecule has 5 nitrogen and oxygen atoms in total. The summed E-state index contributed by atoms with van der Waals surface area (Å²) in [6.45, 7) is 7.13. The van der Waals surface area contributed by atoms with Gasteiger partial charge in [-0.25, -0.2) is 0 Å². The second kappa shape index (κ2) is 9.21. The van der Waals surface area contributed by atoms with E-state index in [1.165, 1.54) is 5.56 Å². The van der Waals surface area contributed by atoms with Gasteiger partial charge in [0.2, 0.25) is 11.8 Å². The molecule has 0 aliphatic carbocycles. The number of hydrogen-bond donors (Lipinski definition) is 3. The molecule has 0 saturated carbocycles. The summed E-state index contributed by atoms with van der Waals surface area (Å²) in [5.41, 5.74) is 9.57. The number of nitrogens with two attached hydrogens (primary N) is 1. The van der Waals surface area contributed by atoms with Crippen LogP contribution in [-0.4, -0.2) is 11.8 Å². The zero-order valence-electron chi connectivity index (χ0n) is 16.3. The van der Waals surface area contributed by atoms with Gasteiger partial charge in [-0.05, 0) is 47.2 Å². The summed E-state index contributed by atoms with van der Waals surface area (Å²) in [6.07, 6.45) is 1.29. The highest BCUT2D eigenvalue weighted by Gasteiger charge is 2.17. The highest BCUT2D eigenvalue weighted by molar-refractivity contribution is 5.82. The molecule has 4 N–H and O–H groups in total. The highest BCUT2D eigenvalue weighted by atomic mass is 16.2. The van der Waals surface area contributed by atoms with Crippen LogP contribution in [0, 0.1) is 0 Å². The quantitative estimate of drug-likeness (QED) is 0.626. The van der Waals surface area contributed by atoms with Crippen LogP contribution in [-0.2, 0) is 21.5 Å². The molecule has 0 spiro atoms. The van der Waals surface area contributed by atoms with Crippen LogP contribution in [0.15, 0.2) is 48.5 Å². The molecule has 0 aliphatic rings. The number of anilines is 2. The van der Waals surface area contributed by atoms with Crippen molar-refractivity contribution in [3.8, 4) is 0 Å². The van der Waals surface area contributed by atoms with Gasteiger partial charge >= 0.3 is 0 Å². The SMILES string of the molecule is CCC(C)(C)c1ccc(Nc2ccc(CNC(=O)CCC(N)=O)cc2)cc1. The topological polar surface area (TPSA) is 84.2 Å². The Morgan fingerprint density at radius 3 is 2.00 bits per heavy atom. The maximum Gasteiger partial charge on any atom is 0.220 e. The molecule has 144 valence electrons. The maximum absolute atomic E-state index is 11.6. The predicted molar refractivity (Wildman–Crippen MR) is 110 cm³/mol. The summed E-state index contributed by atoms with van der Waals surface area (Å²) < 4.78 is 0. The van der Waals surface area contributed by atoms with Crippen LogP contribution in [0.25, 0.3) is 0 Å². The molecule has 27 heavy (non-hydrogen) atoms. The summed E-state index contributed by atoms with van der Waals surface area (Å²) in [7, 11) is 0. The first-order valence-electron chi connectivity index (χ1n) is 9.31. The second-order valence-electron chi connectivity index (χ2n) is 7.38. The predicted octanol–water partition coefficient (Wildman–Crippen LogP) is 4.00. The van der Waals surface area contributed by atoms with E-state index < -0.39 is 5.91 Å². The minimum atomic E-state index is -0.466. The van der Waals surface area contributed by atoms with E-state index >= 15 is 0 Å². The lowest BCUT2D eigenvalue weighted by Gasteiger charge is -2.23. The van der Waals surface area contributed by atoms with Crippen LogP contribution >= 0.6 is 0 Å². The molecule has 0 saturated heterocycles. The van der Waals surface area contributed by atoms with E-state index in [2.05, 4.69) is 55.7 Å². The van der Waals surface area contributed by atoms with E-state index in [-0.39, 0.29) is 24.2 Å². The number of amides is 2. The molecule has 5 heteroatoms. The summed E-state index contributed by atoms with van der Waals surface area (Å²) in [4.78, 5) is 22.3. The molecule has 0 radical (unpaired) electrons. The van der Waals surface area contributed by atoms with Gasteiger partial charge in [-0.2, -0.15) is 0 Å². The molecule has 2 aromatic carbocycles. The Morgan fingerprint density at radius 1 is 0.926 bits per heavy atom. The van der Waals surface area contributed by atoms with E-state index in [1.54, 1.807) is 0 Å². The lowest BCUT2D eigenvalue weighted by molar-refractivity contribution is -0.125. The van der Waals surface area contributed by atoms with E-state index in [0.717, 1.165) is 23.4 Å². The Kier molecular flexibility index (Phi) is 6.99. The van der Waals surface area contributed by atoms with Crippen molar-refractivity contribution in [2.45, 2.75) is 52.0 Å². The first-order valence-corrected chi connectivity index (χ1v) is 9.31. The Hall–Kier alpha value is -2.82. The number of benzene rings is 2. The summed E-state index contributed by atoms with van der Waals surface area (Å²) in [6, 6.07) is 16.4. The molecular weight excluding hydrogens is 338 g/mol. The number of carbonyl (C=O) groups excluding carboxylic acids is 2. The van der Waals surface area contributed by atoms with Crippen molar-refractivity contribution in [3.05, 3.63) is 59.7 Å². The third-order valence-corrected chi connectivity index (χ3v) is 4.88. The lowest BCUT2D eigenvalue weighted by atomic mass is 9.82. The molecule has 0 unspecified atom stereocenters. The van der Waals surface area contributed by atoms with Crippen LogP contribution in [0.2, 0.25) is 0 Å². The molecule has 0 aliphatic heterocycles. The van der Waals surface area contributed by atoms with E-state index in [1.807, 2.05) is 24.3 Å². The minimum Gasteiger partial charge on any atom is -0.370 e. The minimum absolute atomic E-state index is 0.0723. The van der Waals surface area contributed by atoms with Crippen molar-refractivity contribution in [2.75, 3.05) is 5.32 Å². The zero-order chi connectivity index (χ0) is 19.9. The van der Waals surface area contributed by atoms with Crippen LogP contribution in [0.1, 0.15) is 51.2 Å². The molecule has 2 amide bonds. The maximum atomic E-state index is 11.6. The smallest absolute Gasteiger partial charge is 0.220 e. The Labute approximate surface area is 161 Å². The van der Waals surface area contributed by atoms with Crippen LogP contribution in [0.5, 0.6) is 0 Å². The Morgan fingerprint density at radius 2 is 1.48 bits per heavy atom. The van der Waals surface area contributed by atoms with Gasteiger partial charge in [0, 0.05) is 30.8 Å². The molecule has 0 heterocycles. The standard InChI is InChI=1S/C22H29N3O2/c1-4-22(2,3)17-7-11-19(12-8-17)25-18-9-5-16(6-10-18)15-24-21(27)14-13-20(23)26/h5-12,25H,4,13-15H2,1-3H3,(H2,23,26)(H,24,27). The Balaban J connectivity index is 1.88.